The summed E-state index contributed by atoms with van der Waals surface area (Å²) in [5.41, 5.74) is 4.01. The van der Waals surface area contributed by atoms with Crippen molar-refractivity contribution < 1.29 is 4.79 Å². The van der Waals surface area contributed by atoms with E-state index in [0.29, 0.717) is 11.4 Å². The predicted octanol–water partition coefficient (Wildman–Crippen LogP) is 3.75. The van der Waals surface area contributed by atoms with Gasteiger partial charge in [-0.25, -0.2) is 0 Å². The average Bonchev–Trinajstić information content (AvgIpc) is 2.81. The van der Waals surface area contributed by atoms with Gasteiger partial charge in [0.1, 0.15) is 0 Å². The molecule has 2 aromatic carbocycles. The largest absolute Gasteiger partial charge is 0.325 e. The first-order valence-corrected chi connectivity index (χ1v) is 8.09. The predicted molar refractivity (Wildman–Crippen MR) is 93.8 cm³/mol. The Morgan fingerprint density at radius 3 is 2.76 bits per heavy atom. The van der Waals surface area contributed by atoms with E-state index in [0.717, 1.165) is 16.8 Å². The minimum Gasteiger partial charge on any atom is -0.325 e. The van der Waals surface area contributed by atoms with E-state index < -0.39 is 0 Å². The molecule has 1 aliphatic heterocycles. The van der Waals surface area contributed by atoms with Crippen molar-refractivity contribution in [1.82, 2.24) is 5.32 Å². The highest BCUT2D eigenvalue weighted by molar-refractivity contribution is 14.1. The van der Waals surface area contributed by atoms with Crippen LogP contribution < -0.4 is 10.6 Å². The van der Waals surface area contributed by atoms with Crippen LogP contribution in [0.2, 0.25) is 5.02 Å². The van der Waals surface area contributed by atoms with Crippen LogP contribution in [0.4, 0.5) is 5.69 Å². The van der Waals surface area contributed by atoms with Gasteiger partial charge in [-0.1, -0.05) is 29.8 Å². The van der Waals surface area contributed by atoms with Crippen molar-refractivity contribution in [3.63, 3.8) is 0 Å². The molecule has 1 atom stereocenters. The molecule has 108 valence electrons. The fraction of sp³-hybridized carbons (Fsp3) is 0.188. The number of nitrogens with one attached hydrogen (secondary N) is 2. The van der Waals surface area contributed by atoms with Crippen molar-refractivity contribution in [2.75, 3.05) is 12.4 Å². The molecular weight excluding hydrogens is 399 g/mol. The molecule has 0 saturated carbocycles. The third kappa shape index (κ3) is 2.80. The first-order chi connectivity index (χ1) is 10.1. The van der Waals surface area contributed by atoms with Crippen molar-refractivity contribution in [3.8, 4) is 0 Å². The first kappa shape index (κ1) is 14.8. The molecule has 1 unspecified atom stereocenters. The molecular formula is C16H14ClIN2O. The Morgan fingerprint density at radius 1 is 1.29 bits per heavy atom. The Kier molecular flexibility index (Phi) is 4.19. The van der Waals surface area contributed by atoms with Crippen LogP contribution in [-0.2, 0) is 11.2 Å². The van der Waals surface area contributed by atoms with Crippen LogP contribution in [-0.4, -0.2) is 13.0 Å². The van der Waals surface area contributed by atoms with Gasteiger partial charge in [0, 0.05) is 14.3 Å². The maximum Gasteiger partial charge on any atom is 0.228 e. The number of carbonyl (C=O) groups excluding carboxylic acids is 1. The standard InChI is InChI=1S/C16H14ClIN2O/c1-19-16(10-4-2-3-5-13(10)18)11-6-9-7-15(21)20-14(9)8-12(11)17/h2-6,8,16,19H,7H2,1H3,(H,20,21). The van der Waals surface area contributed by atoms with Crippen LogP contribution in [0.1, 0.15) is 22.7 Å². The molecule has 3 rings (SSSR count). The number of fused-ring (bicyclic) bond motifs is 1. The second kappa shape index (κ2) is 5.94. The van der Waals surface area contributed by atoms with Gasteiger partial charge in [0.05, 0.1) is 12.5 Å². The van der Waals surface area contributed by atoms with Crippen molar-refractivity contribution in [1.29, 1.82) is 0 Å². The molecule has 0 radical (unpaired) electrons. The summed E-state index contributed by atoms with van der Waals surface area (Å²) in [6, 6.07) is 12.1. The van der Waals surface area contributed by atoms with E-state index in [1.807, 2.05) is 31.3 Å². The van der Waals surface area contributed by atoms with E-state index in [1.165, 1.54) is 9.13 Å². The molecule has 1 heterocycles. The molecule has 21 heavy (non-hydrogen) atoms. The maximum atomic E-state index is 11.5. The molecule has 3 nitrogen and oxygen atoms in total. The maximum absolute atomic E-state index is 11.5. The summed E-state index contributed by atoms with van der Waals surface area (Å²) in [6.07, 6.45) is 0.418. The zero-order chi connectivity index (χ0) is 15.0. The van der Waals surface area contributed by atoms with Crippen molar-refractivity contribution in [2.45, 2.75) is 12.5 Å². The average molecular weight is 413 g/mol. The number of amides is 1. The molecule has 1 amide bonds. The molecule has 0 saturated heterocycles. The lowest BCUT2D eigenvalue weighted by atomic mass is 9.96. The quantitative estimate of drug-likeness (QED) is 0.754. The van der Waals surface area contributed by atoms with Crippen LogP contribution in [0, 0.1) is 3.57 Å². The fourth-order valence-electron chi connectivity index (χ4n) is 2.68. The highest BCUT2D eigenvalue weighted by Gasteiger charge is 2.23. The van der Waals surface area contributed by atoms with Gasteiger partial charge in [-0.2, -0.15) is 0 Å². The minimum absolute atomic E-state index is 0.00611. The van der Waals surface area contributed by atoms with Gasteiger partial charge in [-0.3, -0.25) is 4.79 Å². The second-order valence-electron chi connectivity index (χ2n) is 5.00. The molecule has 0 bridgehead atoms. The molecule has 1 aliphatic rings. The number of hydrogen-bond acceptors (Lipinski definition) is 2. The number of halogens is 2. The number of hydrogen-bond donors (Lipinski definition) is 2. The van der Waals surface area contributed by atoms with E-state index in [4.69, 9.17) is 11.6 Å². The highest BCUT2D eigenvalue weighted by atomic mass is 127. The Bertz CT molecular complexity index is 717. The topological polar surface area (TPSA) is 41.1 Å². The summed E-state index contributed by atoms with van der Waals surface area (Å²) < 4.78 is 1.18. The Morgan fingerprint density at radius 2 is 2.05 bits per heavy atom. The van der Waals surface area contributed by atoms with Crippen LogP contribution in [0.15, 0.2) is 36.4 Å². The summed E-state index contributed by atoms with van der Waals surface area (Å²) in [6.45, 7) is 0. The molecule has 0 fully saturated rings. The van der Waals surface area contributed by atoms with Crippen LogP contribution >= 0.6 is 34.2 Å². The molecule has 0 aliphatic carbocycles. The summed E-state index contributed by atoms with van der Waals surface area (Å²) in [7, 11) is 1.92. The highest BCUT2D eigenvalue weighted by Crippen LogP contribution is 2.36. The lowest BCUT2D eigenvalue weighted by Crippen LogP contribution is -2.19. The number of anilines is 1. The SMILES string of the molecule is CNC(c1cc2c(cc1Cl)NC(=O)C2)c1ccccc1I. The third-order valence-electron chi connectivity index (χ3n) is 3.66. The molecule has 0 aromatic heterocycles. The summed E-state index contributed by atoms with van der Waals surface area (Å²) in [5, 5.41) is 6.81. The number of benzene rings is 2. The van der Waals surface area contributed by atoms with Gasteiger partial charge in [0.2, 0.25) is 5.91 Å². The number of rotatable bonds is 3. The Hall–Kier alpha value is -1.11. The van der Waals surface area contributed by atoms with Crippen LogP contribution in [0.5, 0.6) is 0 Å². The van der Waals surface area contributed by atoms with Crippen LogP contribution in [0.3, 0.4) is 0 Å². The smallest absolute Gasteiger partial charge is 0.228 e. The third-order valence-corrected chi connectivity index (χ3v) is 4.97. The van der Waals surface area contributed by atoms with Gasteiger partial charge in [0.15, 0.2) is 0 Å². The van der Waals surface area contributed by atoms with Crippen molar-refractivity contribution >= 4 is 45.8 Å². The van der Waals surface area contributed by atoms with Crippen molar-refractivity contribution in [3.05, 3.63) is 61.7 Å². The number of carbonyl (C=O) groups is 1. The van der Waals surface area contributed by atoms with E-state index in [9.17, 15) is 4.79 Å². The lowest BCUT2D eigenvalue weighted by molar-refractivity contribution is -0.115. The zero-order valence-electron chi connectivity index (χ0n) is 11.4. The lowest BCUT2D eigenvalue weighted by Gasteiger charge is -2.21. The normalized spacial score (nSPS) is 14.7. The molecule has 5 heteroatoms. The summed E-state index contributed by atoms with van der Waals surface area (Å²) in [5.74, 6) is 0.0218. The van der Waals surface area contributed by atoms with E-state index in [1.54, 1.807) is 0 Å². The van der Waals surface area contributed by atoms with Gasteiger partial charge >= 0.3 is 0 Å². The first-order valence-electron chi connectivity index (χ1n) is 6.64. The minimum atomic E-state index is 0.00611. The van der Waals surface area contributed by atoms with Gasteiger partial charge < -0.3 is 10.6 Å². The molecule has 2 aromatic rings. The monoisotopic (exact) mass is 412 g/mol. The summed E-state index contributed by atoms with van der Waals surface area (Å²) in [4.78, 5) is 11.5. The van der Waals surface area contributed by atoms with Gasteiger partial charge in [-0.15, -0.1) is 0 Å². The molecule has 0 spiro atoms. The fourth-order valence-corrected chi connectivity index (χ4v) is 3.65. The van der Waals surface area contributed by atoms with Crippen molar-refractivity contribution in [2.24, 2.45) is 0 Å². The van der Waals surface area contributed by atoms with Gasteiger partial charge in [0.25, 0.3) is 0 Å². The Labute approximate surface area is 142 Å². The van der Waals surface area contributed by atoms with Gasteiger partial charge in [-0.05, 0) is 64.5 Å². The Balaban J connectivity index is 2.09. The van der Waals surface area contributed by atoms with Crippen LogP contribution in [0.25, 0.3) is 0 Å². The van der Waals surface area contributed by atoms with E-state index >= 15 is 0 Å². The molecule has 2 N–H and O–H groups in total. The van der Waals surface area contributed by atoms with E-state index in [2.05, 4.69) is 45.4 Å². The second-order valence-corrected chi connectivity index (χ2v) is 6.57. The van der Waals surface area contributed by atoms with E-state index in [-0.39, 0.29) is 11.9 Å². The summed E-state index contributed by atoms with van der Waals surface area (Å²) >= 11 is 8.77. The zero-order valence-corrected chi connectivity index (χ0v) is 14.3.